The van der Waals surface area contributed by atoms with Crippen LogP contribution >= 0.6 is 0 Å². The van der Waals surface area contributed by atoms with Gasteiger partial charge >= 0.3 is 6.18 Å². The molecule has 0 radical (unpaired) electrons. The molecule has 0 fully saturated rings. The van der Waals surface area contributed by atoms with Crippen LogP contribution in [0.4, 0.5) is 13.2 Å². The van der Waals surface area contributed by atoms with Crippen molar-refractivity contribution >= 4 is 0 Å². The summed E-state index contributed by atoms with van der Waals surface area (Å²) in [6.07, 6.45) is -3.33. The highest BCUT2D eigenvalue weighted by molar-refractivity contribution is 5.37. The van der Waals surface area contributed by atoms with Crippen LogP contribution in [0.5, 0.6) is 0 Å². The van der Waals surface area contributed by atoms with Gasteiger partial charge in [0.1, 0.15) is 0 Å². The number of halogens is 3. The molecule has 0 aliphatic carbocycles. The van der Waals surface area contributed by atoms with Crippen LogP contribution in [-0.4, -0.2) is 14.8 Å². The first-order chi connectivity index (χ1) is 8.40. The third kappa shape index (κ3) is 2.32. The lowest BCUT2D eigenvalue weighted by Gasteiger charge is -2.03. The largest absolute Gasteiger partial charge is 0.435 e. The van der Waals surface area contributed by atoms with Crippen molar-refractivity contribution in [2.24, 2.45) is 0 Å². The van der Waals surface area contributed by atoms with E-state index >= 15 is 0 Å². The summed E-state index contributed by atoms with van der Waals surface area (Å²) in [4.78, 5) is 4.03. The number of pyridine rings is 1. The summed E-state index contributed by atoms with van der Waals surface area (Å²) in [5.41, 5.74) is -0.140. The van der Waals surface area contributed by atoms with Crippen LogP contribution < -0.4 is 0 Å². The molecule has 0 bridgehead atoms. The summed E-state index contributed by atoms with van der Waals surface area (Å²) in [7, 11) is 0. The molecule has 0 spiro atoms. The molecule has 0 aliphatic heterocycles. The first-order valence-electron chi connectivity index (χ1n) is 4.92. The number of hydrogen-bond acceptors (Lipinski definition) is 3. The minimum absolute atomic E-state index is 0.182. The fourth-order valence-electron chi connectivity index (χ4n) is 1.44. The van der Waals surface area contributed by atoms with Crippen molar-refractivity contribution < 1.29 is 13.2 Å². The third-order valence-electron chi connectivity index (χ3n) is 2.18. The van der Waals surface area contributed by atoms with Gasteiger partial charge in [-0.25, -0.2) is 9.67 Å². The quantitative estimate of drug-likeness (QED) is 0.783. The SMILES string of the molecule is Cc1cc(C#N)cc(-n2ccc(C(F)(F)F)n2)n1. The molecule has 92 valence electrons. The second kappa shape index (κ2) is 4.14. The summed E-state index contributed by atoms with van der Waals surface area (Å²) in [6.45, 7) is 1.65. The smallest absolute Gasteiger partial charge is 0.234 e. The van der Waals surface area contributed by atoms with Crippen LogP contribution in [0.25, 0.3) is 5.82 Å². The van der Waals surface area contributed by atoms with E-state index in [1.807, 2.05) is 6.07 Å². The summed E-state index contributed by atoms with van der Waals surface area (Å²) >= 11 is 0. The molecule has 7 heteroatoms. The van der Waals surface area contributed by atoms with E-state index in [9.17, 15) is 13.2 Å². The first-order valence-corrected chi connectivity index (χ1v) is 4.92. The van der Waals surface area contributed by atoms with Crippen molar-refractivity contribution in [2.75, 3.05) is 0 Å². The monoisotopic (exact) mass is 252 g/mol. The Hall–Kier alpha value is -2.36. The maximum atomic E-state index is 12.4. The standard InChI is InChI=1S/C11H7F3N4/c1-7-4-8(6-15)5-10(16-7)18-3-2-9(17-18)11(12,13)14/h2-5H,1H3. The van der Waals surface area contributed by atoms with E-state index < -0.39 is 11.9 Å². The van der Waals surface area contributed by atoms with Crippen LogP contribution in [0.1, 0.15) is 17.0 Å². The van der Waals surface area contributed by atoms with Crippen molar-refractivity contribution in [3.05, 3.63) is 41.3 Å². The Morgan fingerprint density at radius 2 is 2.06 bits per heavy atom. The molecule has 0 saturated heterocycles. The number of nitriles is 1. The van der Waals surface area contributed by atoms with Gasteiger partial charge in [-0.1, -0.05) is 0 Å². The fraction of sp³-hybridized carbons (Fsp3) is 0.182. The molecule has 0 saturated carbocycles. The molecule has 2 rings (SSSR count). The van der Waals surface area contributed by atoms with Gasteiger partial charge < -0.3 is 0 Å². The van der Waals surface area contributed by atoms with Crippen molar-refractivity contribution in [2.45, 2.75) is 13.1 Å². The number of aryl methyl sites for hydroxylation is 1. The van der Waals surface area contributed by atoms with Crippen molar-refractivity contribution in [1.82, 2.24) is 14.8 Å². The lowest BCUT2D eigenvalue weighted by Crippen LogP contribution is -2.08. The highest BCUT2D eigenvalue weighted by Gasteiger charge is 2.33. The Morgan fingerprint density at radius 3 is 2.61 bits per heavy atom. The van der Waals surface area contributed by atoms with Gasteiger partial charge in [-0.05, 0) is 19.1 Å². The number of nitrogens with zero attached hydrogens (tertiary/aromatic N) is 4. The van der Waals surface area contributed by atoms with Crippen LogP contribution in [0.2, 0.25) is 0 Å². The molecule has 0 aliphatic rings. The maximum Gasteiger partial charge on any atom is 0.435 e. The molecule has 0 amide bonds. The lowest BCUT2D eigenvalue weighted by molar-refractivity contribution is -0.141. The molecule has 0 unspecified atom stereocenters. The molecule has 0 N–H and O–H groups in total. The molecule has 2 heterocycles. The van der Waals surface area contributed by atoms with Crippen molar-refractivity contribution in [1.29, 1.82) is 5.26 Å². The van der Waals surface area contributed by atoms with Crippen LogP contribution in [0.15, 0.2) is 24.4 Å². The summed E-state index contributed by atoms with van der Waals surface area (Å²) in [6, 6.07) is 5.68. The zero-order chi connectivity index (χ0) is 13.3. The van der Waals surface area contributed by atoms with Crippen LogP contribution in [0.3, 0.4) is 0 Å². The van der Waals surface area contributed by atoms with Gasteiger partial charge in [-0.15, -0.1) is 0 Å². The van der Waals surface area contributed by atoms with E-state index in [0.717, 1.165) is 16.9 Å². The summed E-state index contributed by atoms with van der Waals surface area (Å²) in [5, 5.41) is 12.2. The topological polar surface area (TPSA) is 54.5 Å². The Balaban J connectivity index is 2.47. The average molecular weight is 252 g/mol. The van der Waals surface area contributed by atoms with Gasteiger partial charge in [0.2, 0.25) is 0 Å². The zero-order valence-electron chi connectivity index (χ0n) is 9.23. The average Bonchev–Trinajstić information content (AvgIpc) is 2.77. The van der Waals surface area contributed by atoms with Gasteiger partial charge in [-0.3, -0.25) is 0 Å². The van der Waals surface area contributed by atoms with E-state index in [4.69, 9.17) is 5.26 Å². The summed E-state index contributed by atoms with van der Waals surface area (Å²) < 4.78 is 38.2. The molecule has 4 nitrogen and oxygen atoms in total. The summed E-state index contributed by atoms with van der Waals surface area (Å²) in [5.74, 6) is 0.182. The van der Waals surface area contributed by atoms with E-state index in [1.54, 1.807) is 6.92 Å². The van der Waals surface area contributed by atoms with E-state index in [1.165, 1.54) is 12.1 Å². The molecule has 2 aromatic rings. The number of alkyl halides is 3. The van der Waals surface area contributed by atoms with Gasteiger partial charge in [0, 0.05) is 18.0 Å². The van der Waals surface area contributed by atoms with Gasteiger partial charge in [0.15, 0.2) is 11.5 Å². The fourth-order valence-corrected chi connectivity index (χ4v) is 1.44. The minimum Gasteiger partial charge on any atom is -0.234 e. The minimum atomic E-state index is -4.49. The zero-order valence-corrected chi connectivity index (χ0v) is 9.23. The normalized spacial score (nSPS) is 11.3. The number of rotatable bonds is 1. The predicted octanol–water partition coefficient (Wildman–Crippen LogP) is 2.47. The molecule has 0 atom stereocenters. The third-order valence-corrected chi connectivity index (χ3v) is 2.18. The molecular weight excluding hydrogens is 245 g/mol. The van der Waals surface area contributed by atoms with E-state index in [0.29, 0.717) is 11.3 Å². The van der Waals surface area contributed by atoms with E-state index in [-0.39, 0.29) is 5.82 Å². The Morgan fingerprint density at radius 1 is 1.33 bits per heavy atom. The molecule has 18 heavy (non-hydrogen) atoms. The first kappa shape index (κ1) is 12.1. The highest BCUT2D eigenvalue weighted by Crippen LogP contribution is 2.27. The second-order valence-electron chi connectivity index (χ2n) is 3.61. The van der Waals surface area contributed by atoms with Gasteiger partial charge in [0.25, 0.3) is 0 Å². The van der Waals surface area contributed by atoms with Gasteiger partial charge in [0.05, 0.1) is 11.6 Å². The Kier molecular flexibility index (Phi) is 2.79. The highest BCUT2D eigenvalue weighted by atomic mass is 19.4. The molecule has 0 aromatic carbocycles. The predicted molar refractivity (Wildman–Crippen MR) is 55.8 cm³/mol. The van der Waals surface area contributed by atoms with Crippen molar-refractivity contribution in [3.8, 4) is 11.9 Å². The van der Waals surface area contributed by atoms with Crippen LogP contribution in [0, 0.1) is 18.3 Å². The van der Waals surface area contributed by atoms with E-state index in [2.05, 4.69) is 10.1 Å². The van der Waals surface area contributed by atoms with Gasteiger partial charge in [-0.2, -0.15) is 23.5 Å². The van der Waals surface area contributed by atoms with Crippen molar-refractivity contribution in [3.63, 3.8) is 0 Å². The maximum absolute atomic E-state index is 12.4. The number of aromatic nitrogens is 3. The van der Waals surface area contributed by atoms with Crippen LogP contribution in [-0.2, 0) is 6.18 Å². The molecular formula is C11H7F3N4. The second-order valence-corrected chi connectivity index (χ2v) is 3.61. The lowest BCUT2D eigenvalue weighted by atomic mass is 10.2. The number of hydrogen-bond donors (Lipinski definition) is 0. The Bertz CT molecular complexity index is 622. The Labute approximate surface area is 100 Å². The molecule has 2 aromatic heterocycles.